The number of hydrogen-bond donors (Lipinski definition) is 3. The Morgan fingerprint density at radius 1 is 1.24 bits per heavy atom. The van der Waals surface area contributed by atoms with Gasteiger partial charge in [-0.05, 0) is 41.8 Å². The van der Waals surface area contributed by atoms with Gasteiger partial charge >= 0.3 is 0 Å². The molecule has 0 spiro atoms. The molecule has 21 heavy (non-hydrogen) atoms. The lowest BCUT2D eigenvalue weighted by Crippen LogP contribution is -2.22. The van der Waals surface area contributed by atoms with E-state index in [1.165, 1.54) is 17.7 Å². The molecule has 5 heteroatoms. The van der Waals surface area contributed by atoms with Crippen LogP contribution in [0.3, 0.4) is 0 Å². The highest BCUT2D eigenvalue weighted by Gasteiger charge is 2.01. The summed E-state index contributed by atoms with van der Waals surface area (Å²) in [6, 6.07) is 12.0. The third-order valence-electron chi connectivity index (χ3n) is 3.05. The van der Waals surface area contributed by atoms with Crippen LogP contribution in [0.4, 0.5) is 10.1 Å². The number of nitrogens with zero attached hydrogens (tertiary/aromatic N) is 1. The Morgan fingerprint density at radius 2 is 2.05 bits per heavy atom. The van der Waals surface area contributed by atoms with Gasteiger partial charge in [0.1, 0.15) is 0 Å². The number of phenolic OH excluding ortho intramolecular Hbond substituents is 1. The molecule has 2 aromatic rings. The van der Waals surface area contributed by atoms with Gasteiger partial charge in [-0.25, -0.2) is 9.38 Å². The van der Waals surface area contributed by atoms with E-state index in [4.69, 9.17) is 10.8 Å². The molecule has 0 aromatic heterocycles. The van der Waals surface area contributed by atoms with Gasteiger partial charge in [-0.15, -0.1) is 0 Å². The van der Waals surface area contributed by atoms with Crippen molar-refractivity contribution in [2.75, 3.05) is 5.32 Å². The molecule has 0 aliphatic heterocycles. The molecule has 0 unspecified atom stereocenters. The zero-order valence-corrected chi connectivity index (χ0v) is 11.8. The molecule has 0 heterocycles. The summed E-state index contributed by atoms with van der Waals surface area (Å²) in [5, 5.41) is 12.1. The van der Waals surface area contributed by atoms with Crippen molar-refractivity contribution in [2.24, 2.45) is 10.7 Å². The first-order chi connectivity index (χ1) is 10.1. The number of nitrogens with two attached hydrogens (primary N) is 1. The number of benzene rings is 2. The van der Waals surface area contributed by atoms with E-state index in [0.29, 0.717) is 5.56 Å². The van der Waals surface area contributed by atoms with Gasteiger partial charge < -0.3 is 16.2 Å². The lowest BCUT2D eigenvalue weighted by Gasteiger charge is -2.07. The Morgan fingerprint density at radius 3 is 2.76 bits per heavy atom. The van der Waals surface area contributed by atoms with Crippen molar-refractivity contribution in [1.29, 1.82) is 0 Å². The van der Waals surface area contributed by atoms with Crippen LogP contribution in [0.25, 0.3) is 0 Å². The van der Waals surface area contributed by atoms with Crippen LogP contribution < -0.4 is 11.1 Å². The van der Waals surface area contributed by atoms with Crippen LogP contribution in [0.15, 0.2) is 47.5 Å². The van der Waals surface area contributed by atoms with Crippen molar-refractivity contribution in [1.82, 2.24) is 0 Å². The first-order valence-electron chi connectivity index (χ1n) is 6.71. The molecule has 0 radical (unpaired) electrons. The highest BCUT2D eigenvalue weighted by atomic mass is 19.1. The first kappa shape index (κ1) is 14.8. The van der Waals surface area contributed by atoms with Crippen LogP contribution in [-0.2, 0) is 13.0 Å². The highest BCUT2D eigenvalue weighted by Crippen LogP contribution is 2.16. The van der Waals surface area contributed by atoms with Crippen molar-refractivity contribution in [3.8, 4) is 5.75 Å². The van der Waals surface area contributed by atoms with Crippen LogP contribution >= 0.6 is 0 Å². The summed E-state index contributed by atoms with van der Waals surface area (Å²) in [7, 11) is 0. The molecule has 0 aliphatic carbocycles. The number of aryl methyl sites for hydroxylation is 1. The summed E-state index contributed by atoms with van der Waals surface area (Å²) in [6.07, 6.45) is 0.944. The van der Waals surface area contributed by atoms with Gasteiger partial charge in [0.15, 0.2) is 17.5 Å². The van der Waals surface area contributed by atoms with Crippen molar-refractivity contribution in [3.63, 3.8) is 0 Å². The van der Waals surface area contributed by atoms with Gasteiger partial charge in [-0.1, -0.05) is 25.1 Å². The molecule has 0 aliphatic rings. The first-order valence-corrected chi connectivity index (χ1v) is 6.71. The number of phenols is 1. The fraction of sp³-hybridized carbons (Fsp3) is 0.188. The Labute approximate surface area is 123 Å². The van der Waals surface area contributed by atoms with E-state index in [1.54, 1.807) is 6.07 Å². The normalized spacial score (nSPS) is 11.4. The van der Waals surface area contributed by atoms with Crippen LogP contribution in [0, 0.1) is 5.82 Å². The topological polar surface area (TPSA) is 70.6 Å². The van der Waals surface area contributed by atoms with E-state index >= 15 is 0 Å². The largest absolute Gasteiger partial charge is 0.505 e. The molecule has 0 saturated heterocycles. The van der Waals surface area contributed by atoms with Gasteiger partial charge in [0.05, 0.1) is 6.54 Å². The highest BCUT2D eigenvalue weighted by molar-refractivity contribution is 5.92. The lowest BCUT2D eigenvalue weighted by molar-refractivity contribution is 0.432. The third kappa shape index (κ3) is 4.21. The monoisotopic (exact) mass is 287 g/mol. The van der Waals surface area contributed by atoms with Gasteiger partial charge in [0.25, 0.3) is 0 Å². The number of guanidine groups is 1. The number of anilines is 1. The molecule has 0 atom stereocenters. The number of aromatic hydroxyl groups is 1. The smallest absolute Gasteiger partial charge is 0.193 e. The fourth-order valence-electron chi connectivity index (χ4n) is 1.88. The fourth-order valence-corrected chi connectivity index (χ4v) is 1.88. The summed E-state index contributed by atoms with van der Waals surface area (Å²) >= 11 is 0. The number of nitrogens with one attached hydrogen (secondary N) is 1. The maximum atomic E-state index is 13.2. The molecular formula is C16H18FN3O. The van der Waals surface area contributed by atoms with Crippen LogP contribution in [0.1, 0.15) is 18.1 Å². The Kier molecular flexibility index (Phi) is 4.77. The van der Waals surface area contributed by atoms with Gasteiger partial charge in [0.2, 0.25) is 0 Å². The quantitative estimate of drug-likeness (QED) is 0.598. The number of hydrogen-bond acceptors (Lipinski definition) is 2. The number of aliphatic imine (C=N–C) groups is 1. The standard InChI is InChI=1S/C16H18FN3O/c1-2-11-4-3-5-13(8-11)20-16(18)19-10-12-6-7-15(21)14(17)9-12/h3-9,21H,2,10H2,1H3,(H3,18,19,20). The van der Waals surface area contributed by atoms with Gasteiger partial charge in [-0.2, -0.15) is 0 Å². The van der Waals surface area contributed by atoms with Crippen molar-refractivity contribution < 1.29 is 9.50 Å². The van der Waals surface area contributed by atoms with E-state index in [2.05, 4.69) is 17.2 Å². The summed E-state index contributed by atoms with van der Waals surface area (Å²) in [4.78, 5) is 4.15. The molecule has 0 saturated carbocycles. The van der Waals surface area contributed by atoms with Crippen molar-refractivity contribution in [3.05, 3.63) is 59.4 Å². The average Bonchev–Trinajstić information content (AvgIpc) is 2.48. The molecule has 2 aromatic carbocycles. The van der Waals surface area contributed by atoms with Gasteiger partial charge in [0, 0.05) is 5.69 Å². The minimum atomic E-state index is -0.662. The molecule has 0 amide bonds. The summed E-state index contributed by atoms with van der Waals surface area (Å²) in [6.45, 7) is 2.32. The van der Waals surface area contributed by atoms with Crippen LogP contribution in [0.2, 0.25) is 0 Å². The van der Waals surface area contributed by atoms with Crippen molar-refractivity contribution >= 4 is 11.6 Å². The molecule has 4 N–H and O–H groups in total. The molecule has 2 rings (SSSR count). The SMILES string of the molecule is CCc1cccc(NC(N)=NCc2ccc(O)c(F)c2)c1. The second kappa shape index (κ2) is 6.74. The lowest BCUT2D eigenvalue weighted by atomic mass is 10.1. The Bertz CT molecular complexity index is 656. The minimum Gasteiger partial charge on any atom is -0.505 e. The zero-order valence-electron chi connectivity index (χ0n) is 11.8. The summed E-state index contributed by atoms with van der Waals surface area (Å²) in [5.41, 5.74) is 8.52. The molecule has 0 bridgehead atoms. The van der Waals surface area contributed by atoms with E-state index in [0.717, 1.165) is 12.1 Å². The van der Waals surface area contributed by atoms with E-state index in [9.17, 15) is 4.39 Å². The maximum absolute atomic E-state index is 13.2. The van der Waals surface area contributed by atoms with E-state index < -0.39 is 5.82 Å². The minimum absolute atomic E-state index is 0.240. The number of rotatable bonds is 4. The maximum Gasteiger partial charge on any atom is 0.193 e. The molecule has 0 fully saturated rings. The second-order valence-corrected chi connectivity index (χ2v) is 4.67. The average molecular weight is 287 g/mol. The molecule has 110 valence electrons. The van der Waals surface area contributed by atoms with Gasteiger partial charge in [-0.3, -0.25) is 0 Å². The van der Waals surface area contributed by atoms with E-state index in [1.807, 2.05) is 24.3 Å². The zero-order chi connectivity index (χ0) is 15.2. The Hall–Kier alpha value is -2.56. The predicted octanol–water partition coefficient (Wildman–Crippen LogP) is 3.02. The van der Waals surface area contributed by atoms with Crippen LogP contribution in [0.5, 0.6) is 5.75 Å². The number of halogens is 1. The second-order valence-electron chi connectivity index (χ2n) is 4.67. The summed E-state index contributed by atoms with van der Waals surface area (Å²) in [5.74, 6) is -0.771. The van der Waals surface area contributed by atoms with Crippen molar-refractivity contribution in [2.45, 2.75) is 19.9 Å². The summed E-state index contributed by atoms with van der Waals surface area (Å²) < 4.78 is 13.2. The van der Waals surface area contributed by atoms with E-state index in [-0.39, 0.29) is 18.3 Å². The third-order valence-corrected chi connectivity index (χ3v) is 3.05. The predicted molar refractivity (Wildman–Crippen MR) is 82.8 cm³/mol. The van der Waals surface area contributed by atoms with Crippen LogP contribution in [-0.4, -0.2) is 11.1 Å². The Balaban J connectivity index is 2.01. The molecule has 4 nitrogen and oxygen atoms in total. The molecular weight excluding hydrogens is 269 g/mol.